The van der Waals surface area contributed by atoms with Crippen LogP contribution in [-0.4, -0.2) is 38.1 Å². The Morgan fingerprint density at radius 1 is 1.15 bits per heavy atom. The SMILES string of the molecule is C[C@@H](C(=O)Nc1ccc(F)cc1)[NH+]1CC[NH+](Cc2cccc(Cl)c2)CC1. The van der Waals surface area contributed by atoms with E-state index < -0.39 is 0 Å². The van der Waals surface area contributed by atoms with E-state index in [1.165, 1.54) is 27.5 Å². The first-order chi connectivity index (χ1) is 12.5. The Balaban J connectivity index is 1.49. The molecule has 1 amide bonds. The predicted molar refractivity (Wildman–Crippen MR) is 101 cm³/mol. The third-order valence-electron chi connectivity index (χ3n) is 5.06. The monoisotopic (exact) mass is 377 g/mol. The van der Waals surface area contributed by atoms with E-state index in [9.17, 15) is 9.18 Å². The number of quaternary nitrogens is 2. The topological polar surface area (TPSA) is 38.0 Å². The number of piperazine rings is 1. The van der Waals surface area contributed by atoms with Gasteiger partial charge in [0.1, 0.15) is 38.5 Å². The summed E-state index contributed by atoms with van der Waals surface area (Å²) in [5.74, 6) is -0.328. The van der Waals surface area contributed by atoms with E-state index in [-0.39, 0.29) is 17.8 Å². The predicted octanol–water partition coefficient (Wildman–Crippen LogP) is 0.790. The van der Waals surface area contributed by atoms with Gasteiger partial charge < -0.3 is 15.1 Å². The molecule has 0 unspecified atom stereocenters. The Labute approximate surface area is 158 Å². The van der Waals surface area contributed by atoms with Crippen molar-refractivity contribution >= 4 is 23.2 Å². The van der Waals surface area contributed by atoms with Gasteiger partial charge in [-0.05, 0) is 43.3 Å². The van der Waals surface area contributed by atoms with Crippen LogP contribution in [-0.2, 0) is 11.3 Å². The van der Waals surface area contributed by atoms with Crippen LogP contribution >= 0.6 is 11.6 Å². The fourth-order valence-electron chi connectivity index (χ4n) is 3.44. The van der Waals surface area contributed by atoms with Gasteiger partial charge in [0, 0.05) is 16.3 Å². The van der Waals surface area contributed by atoms with Crippen LogP contribution in [0.4, 0.5) is 10.1 Å². The highest BCUT2D eigenvalue weighted by Gasteiger charge is 2.31. The Morgan fingerprint density at radius 2 is 1.85 bits per heavy atom. The second-order valence-corrected chi connectivity index (χ2v) is 7.37. The smallest absolute Gasteiger partial charge is 0.282 e. The molecule has 0 aromatic heterocycles. The highest BCUT2D eigenvalue weighted by atomic mass is 35.5. The third-order valence-corrected chi connectivity index (χ3v) is 5.29. The second kappa shape index (κ2) is 8.62. The molecule has 0 spiro atoms. The van der Waals surface area contributed by atoms with E-state index in [1.807, 2.05) is 25.1 Å². The number of amides is 1. The normalized spacial score (nSPS) is 21.2. The lowest BCUT2D eigenvalue weighted by Crippen LogP contribution is -3.29. The van der Waals surface area contributed by atoms with Crippen molar-refractivity contribution in [1.82, 2.24) is 0 Å². The zero-order valence-electron chi connectivity index (χ0n) is 14.9. The van der Waals surface area contributed by atoms with Gasteiger partial charge in [-0.25, -0.2) is 4.39 Å². The van der Waals surface area contributed by atoms with Crippen molar-refractivity contribution in [2.24, 2.45) is 0 Å². The molecule has 6 heteroatoms. The fourth-order valence-corrected chi connectivity index (χ4v) is 3.65. The number of hydrogen-bond acceptors (Lipinski definition) is 1. The van der Waals surface area contributed by atoms with E-state index in [2.05, 4.69) is 11.4 Å². The van der Waals surface area contributed by atoms with Gasteiger partial charge in [-0.15, -0.1) is 0 Å². The van der Waals surface area contributed by atoms with Crippen LogP contribution in [0.1, 0.15) is 12.5 Å². The number of carbonyl (C=O) groups is 1. The standard InChI is InChI=1S/C20H23ClFN3O/c1-15(20(26)23-19-7-5-18(22)6-8-19)25-11-9-24(10-12-25)14-16-3-2-4-17(21)13-16/h2-8,13,15H,9-12,14H2,1H3,(H,23,26)/p+2/t15-/m0/s1. The molecule has 1 atom stereocenters. The van der Waals surface area contributed by atoms with Crippen molar-refractivity contribution < 1.29 is 19.0 Å². The molecule has 138 valence electrons. The number of carbonyl (C=O) groups excluding carboxylic acids is 1. The van der Waals surface area contributed by atoms with E-state index in [0.717, 1.165) is 37.7 Å². The van der Waals surface area contributed by atoms with Gasteiger partial charge in [0.15, 0.2) is 6.04 Å². The van der Waals surface area contributed by atoms with E-state index in [0.29, 0.717) is 5.69 Å². The summed E-state index contributed by atoms with van der Waals surface area (Å²) >= 11 is 6.06. The minimum absolute atomic E-state index is 0.0232. The van der Waals surface area contributed by atoms with Crippen molar-refractivity contribution in [3.05, 3.63) is 64.9 Å². The summed E-state index contributed by atoms with van der Waals surface area (Å²) in [7, 11) is 0. The quantitative estimate of drug-likeness (QED) is 0.708. The van der Waals surface area contributed by atoms with Gasteiger partial charge in [-0.1, -0.05) is 23.7 Å². The van der Waals surface area contributed by atoms with Gasteiger partial charge in [0.2, 0.25) is 0 Å². The molecule has 0 aliphatic carbocycles. The second-order valence-electron chi connectivity index (χ2n) is 6.93. The lowest BCUT2D eigenvalue weighted by molar-refractivity contribution is -1.02. The highest BCUT2D eigenvalue weighted by molar-refractivity contribution is 6.30. The Morgan fingerprint density at radius 3 is 2.50 bits per heavy atom. The summed E-state index contributed by atoms with van der Waals surface area (Å²) in [6, 6.07) is 13.8. The summed E-state index contributed by atoms with van der Waals surface area (Å²) in [4.78, 5) is 15.3. The van der Waals surface area contributed by atoms with Crippen molar-refractivity contribution in [3.8, 4) is 0 Å². The van der Waals surface area contributed by atoms with Crippen LogP contribution in [0.15, 0.2) is 48.5 Å². The minimum Gasteiger partial charge on any atom is -0.322 e. The maximum Gasteiger partial charge on any atom is 0.282 e. The molecule has 1 fully saturated rings. The molecule has 0 radical (unpaired) electrons. The van der Waals surface area contributed by atoms with Gasteiger partial charge in [0.05, 0.1) is 0 Å². The molecule has 2 aromatic carbocycles. The van der Waals surface area contributed by atoms with Gasteiger partial charge in [-0.3, -0.25) is 4.79 Å². The van der Waals surface area contributed by atoms with Crippen LogP contribution in [0.2, 0.25) is 5.02 Å². The first-order valence-electron chi connectivity index (χ1n) is 9.00. The summed E-state index contributed by atoms with van der Waals surface area (Å²) in [6.45, 7) is 6.87. The molecule has 0 bridgehead atoms. The molecule has 4 nitrogen and oxygen atoms in total. The molecule has 1 saturated heterocycles. The molecule has 2 aromatic rings. The highest BCUT2D eigenvalue weighted by Crippen LogP contribution is 2.10. The number of nitrogens with one attached hydrogen (secondary N) is 3. The van der Waals surface area contributed by atoms with Crippen molar-refractivity contribution in [1.29, 1.82) is 0 Å². The van der Waals surface area contributed by atoms with E-state index in [4.69, 9.17) is 11.6 Å². The molecular weight excluding hydrogens is 353 g/mol. The molecule has 3 rings (SSSR count). The van der Waals surface area contributed by atoms with Gasteiger partial charge in [0.25, 0.3) is 5.91 Å². The zero-order chi connectivity index (χ0) is 18.5. The maximum atomic E-state index is 13.0. The average Bonchev–Trinajstić information content (AvgIpc) is 2.64. The van der Waals surface area contributed by atoms with Gasteiger partial charge in [-0.2, -0.15) is 0 Å². The molecule has 1 heterocycles. The van der Waals surface area contributed by atoms with E-state index in [1.54, 1.807) is 12.1 Å². The molecular formula is C20H25ClFN3O+2. The largest absolute Gasteiger partial charge is 0.322 e. The van der Waals surface area contributed by atoms with Crippen LogP contribution in [0.5, 0.6) is 0 Å². The number of anilines is 1. The number of benzene rings is 2. The maximum absolute atomic E-state index is 13.0. The first kappa shape index (κ1) is 18.8. The van der Waals surface area contributed by atoms with Crippen molar-refractivity contribution in [2.45, 2.75) is 19.5 Å². The summed E-state index contributed by atoms with van der Waals surface area (Å²) in [5, 5.41) is 3.65. The third kappa shape index (κ3) is 5.04. The molecule has 0 saturated carbocycles. The van der Waals surface area contributed by atoms with Crippen molar-refractivity contribution in [3.63, 3.8) is 0 Å². The van der Waals surface area contributed by atoms with Crippen LogP contribution in [0.25, 0.3) is 0 Å². The molecule has 3 N–H and O–H groups in total. The lowest BCUT2D eigenvalue weighted by atomic mass is 10.1. The fraction of sp³-hybridized carbons (Fsp3) is 0.350. The summed E-state index contributed by atoms with van der Waals surface area (Å²) in [5.41, 5.74) is 1.88. The van der Waals surface area contributed by atoms with Crippen LogP contribution in [0.3, 0.4) is 0 Å². The Hall–Kier alpha value is -1.95. The van der Waals surface area contributed by atoms with Crippen LogP contribution < -0.4 is 15.1 Å². The average molecular weight is 378 g/mol. The number of halogens is 2. The summed E-state index contributed by atoms with van der Waals surface area (Å²) in [6.07, 6.45) is 0. The van der Waals surface area contributed by atoms with Gasteiger partial charge >= 0.3 is 0 Å². The zero-order valence-corrected chi connectivity index (χ0v) is 15.7. The molecule has 1 aliphatic rings. The van der Waals surface area contributed by atoms with Crippen molar-refractivity contribution in [2.75, 3.05) is 31.5 Å². The lowest BCUT2D eigenvalue weighted by Gasteiger charge is -2.32. The molecule has 26 heavy (non-hydrogen) atoms. The number of hydrogen-bond donors (Lipinski definition) is 3. The van der Waals surface area contributed by atoms with Crippen LogP contribution in [0, 0.1) is 5.82 Å². The summed E-state index contributed by atoms with van der Waals surface area (Å²) < 4.78 is 13.0. The van der Waals surface area contributed by atoms with E-state index >= 15 is 0 Å². The minimum atomic E-state index is -0.305. The Bertz CT molecular complexity index is 745. The number of rotatable bonds is 5. The first-order valence-corrected chi connectivity index (χ1v) is 9.38. The molecule has 1 aliphatic heterocycles. The Kier molecular flexibility index (Phi) is 6.25.